The Morgan fingerprint density at radius 1 is 1.06 bits per heavy atom. The molecule has 1 aliphatic heterocycles. The van der Waals surface area contributed by atoms with Crippen molar-refractivity contribution >= 4 is 0 Å². The van der Waals surface area contributed by atoms with Gasteiger partial charge in [0.15, 0.2) is 0 Å². The van der Waals surface area contributed by atoms with Gasteiger partial charge in [-0.3, -0.25) is 5.32 Å². The molecule has 1 heterocycles. The highest BCUT2D eigenvalue weighted by molar-refractivity contribution is 5.11. The number of hydrogen-bond acceptors (Lipinski definition) is 3. The lowest BCUT2D eigenvalue weighted by atomic mass is 9.84. The number of nitrogens with zero attached hydrogens (tertiary/aromatic N) is 1. The van der Waals surface area contributed by atoms with Crippen LogP contribution in [0.4, 0.5) is 0 Å². The fourth-order valence-corrected chi connectivity index (χ4v) is 3.61. The Hall–Kier alpha value is -0.590. The summed E-state index contributed by atoms with van der Waals surface area (Å²) >= 11 is 0. The Bertz CT molecular complexity index is 292. The topological polar surface area (TPSA) is 45.0 Å². The molecule has 0 radical (unpaired) electrons. The fraction of sp³-hybridized carbons (Fsp3) is 0.933. The molecular formula is C15H26N2O. The molecule has 0 aromatic heterocycles. The lowest BCUT2D eigenvalue weighted by Gasteiger charge is -2.41. The quantitative estimate of drug-likeness (QED) is 0.766. The van der Waals surface area contributed by atoms with Crippen LogP contribution < -0.4 is 5.32 Å². The molecule has 18 heavy (non-hydrogen) atoms. The highest BCUT2D eigenvalue weighted by Gasteiger charge is 2.40. The molecule has 2 unspecified atom stereocenters. The number of ether oxygens (including phenoxy) is 1. The summed E-state index contributed by atoms with van der Waals surface area (Å²) in [6.45, 7) is 4.16. The zero-order valence-corrected chi connectivity index (χ0v) is 11.7. The fourth-order valence-electron chi connectivity index (χ4n) is 3.61. The summed E-state index contributed by atoms with van der Waals surface area (Å²) in [6.07, 6.45) is 9.80. The molecule has 2 aliphatic rings. The van der Waals surface area contributed by atoms with Gasteiger partial charge in [-0.25, -0.2) is 0 Å². The van der Waals surface area contributed by atoms with Gasteiger partial charge in [0.25, 0.3) is 0 Å². The summed E-state index contributed by atoms with van der Waals surface area (Å²) in [5.74, 6) is 0. The second-order valence-electron chi connectivity index (χ2n) is 6.19. The molecule has 2 rings (SSSR count). The number of nitrogens with one attached hydrogen (secondary N) is 1. The molecule has 2 atom stereocenters. The van der Waals surface area contributed by atoms with Crippen LogP contribution in [0.25, 0.3) is 0 Å². The maximum Gasteiger partial charge on any atom is 0.111 e. The van der Waals surface area contributed by atoms with E-state index in [1.807, 2.05) is 0 Å². The Morgan fingerprint density at radius 3 is 2.11 bits per heavy atom. The van der Waals surface area contributed by atoms with E-state index in [9.17, 15) is 5.26 Å². The molecule has 102 valence electrons. The SMILES string of the molecule is CC1CC(C#N)(NC2CCCCCC2)CC(C)O1. The van der Waals surface area contributed by atoms with Gasteiger partial charge in [0, 0.05) is 18.9 Å². The van der Waals surface area contributed by atoms with Crippen molar-refractivity contribution in [3.63, 3.8) is 0 Å². The molecule has 0 aromatic rings. The lowest BCUT2D eigenvalue weighted by Crippen LogP contribution is -2.55. The Labute approximate surface area is 111 Å². The van der Waals surface area contributed by atoms with Crippen LogP contribution in [0.5, 0.6) is 0 Å². The third kappa shape index (κ3) is 3.46. The van der Waals surface area contributed by atoms with E-state index in [0.29, 0.717) is 6.04 Å². The summed E-state index contributed by atoms with van der Waals surface area (Å²) in [6, 6.07) is 3.09. The van der Waals surface area contributed by atoms with Crippen LogP contribution in [0.15, 0.2) is 0 Å². The highest BCUT2D eigenvalue weighted by Crippen LogP contribution is 2.30. The Morgan fingerprint density at radius 2 is 1.61 bits per heavy atom. The van der Waals surface area contributed by atoms with Crippen molar-refractivity contribution in [3.05, 3.63) is 0 Å². The van der Waals surface area contributed by atoms with Crippen molar-refractivity contribution in [2.75, 3.05) is 0 Å². The zero-order chi connectivity index (χ0) is 13.0. The first kappa shape index (κ1) is 13.8. The normalized spacial score (nSPS) is 38.9. The van der Waals surface area contributed by atoms with Gasteiger partial charge in [-0.15, -0.1) is 0 Å². The van der Waals surface area contributed by atoms with Crippen LogP contribution in [0.1, 0.15) is 65.2 Å². The van der Waals surface area contributed by atoms with E-state index in [4.69, 9.17) is 4.74 Å². The van der Waals surface area contributed by atoms with E-state index in [1.54, 1.807) is 0 Å². The minimum atomic E-state index is -0.355. The van der Waals surface area contributed by atoms with E-state index >= 15 is 0 Å². The van der Waals surface area contributed by atoms with Gasteiger partial charge in [0.1, 0.15) is 5.54 Å². The predicted molar refractivity (Wildman–Crippen MR) is 72.2 cm³/mol. The highest BCUT2D eigenvalue weighted by atomic mass is 16.5. The first-order valence-corrected chi connectivity index (χ1v) is 7.48. The zero-order valence-electron chi connectivity index (χ0n) is 11.7. The van der Waals surface area contributed by atoms with Gasteiger partial charge in [-0.1, -0.05) is 25.7 Å². The molecule has 2 fully saturated rings. The monoisotopic (exact) mass is 250 g/mol. The molecule has 1 N–H and O–H groups in total. The molecule has 1 saturated heterocycles. The van der Waals surface area contributed by atoms with Gasteiger partial charge in [-0.05, 0) is 26.7 Å². The molecule has 0 aromatic carbocycles. The minimum Gasteiger partial charge on any atom is -0.375 e. The first-order valence-electron chi connectivity index (χ1n) is 7.48. The standard InChI is InChI=1S/C15H26N2O/c1-12-9-15(11-16,10-13(2)18-12)17-14-7-5-3-4-6-8-14/h12-14,17H,3-10H2,1-2H3. The van der Waals surface area contributed by atoms with E-state index in [0.717, 1.165) is 12.8 Å². The second kappa shape index (κ2) is 6.04. The van der Waals surface area contributed by atoms with Gasteiger partial charge in [0.2, 0.25) is 0 Å². The first-order chi connectivity index (χ1) is 8.63. The molecular weight excluding hydrogens is 224 g/mol. The maximum atomic E-state index is 9.61. The minimum absolute atomic E-state index is 0.187. The lowest BCUT2D eigenvalue weighted by molar-refractivity contribution is -0.0586. The van der Waals surface area contributed by atoms with E-state index in [1.165, 1.54) is 38.5 Å². The summed E-state index contributed by atoms with van der Waals surface area (Å²) in [5.41, 5.74) is -0.355. The van der Waals surface area contributed by atoms with Crippen molar-refractivity contribution < 1.29 is 4.74 Å². The number of rotatable bonds is 2. The number of hydrogen-bond donors (Lipinski definition) is 1. The van der Waals surface area contributed by atoms with Gasteiger partial charge >= 0.3 is 0 Å². The summed E-state index contributed by atoms with van der Waals surface area (Å²) < 4.78 is 5.77. The van der Waals surface area contributed by atoms with Gasteiger partial charge in [-0.2, -0.15) is 5.26 Å². The predicted octanol–water partition coefficient (Wildman–Crippen LogP) is 3.15. The van der Waals surface area contributed by atoms with Crippen LogP contribution in [-0.2, 0) is 4.74 Å². The van der Waals surface area contributed by atoms with Crippen LogP contribution in [0.2, 0.25) is 0 Å². The van der Waals surface area contributed by atoms with E-state index in [-0.39, 0.29) is 17.7 Å². The number of nitriles is 1. The van der Waals surface area contributed by atoms with Gasteiger partial charge in [0.05, 0.1) is 18.3 Å². The van der Waals surface area contributed by atoms with E-state index in [2.05, 4.69) is 25.2 Å². The average Bonchev–Trinajstić information content (AvgIpc) is 2.56. The molecule has 1 saturated carbocycles. The van der Waals surface area contributed by atoms with Crippen LogP contribution >= 0.6 is 0 Å². The van der Waals surface area contributed by atoms with Crippen molar-refractivity contribution in [3.8, 4) is 6.07 Å². The van der Waals surface area contributed by atoms with Crippen LogP contribution in [-0.4, -0.2) is 23.8 Å². The Kier molecular flexibility index (Phi) is 4.64. The van der Waals surface area contributed by atoms with Gasteiger partial charge < -0.3 is 4.74 Å². The van der Waals surface area contributed by atoms with Crippen molar-refractivity contribution in [2.45, 2.75) is 89.0 Å². The molecule has 0 spiro atoms. The van der Waals surface area contributed by atoms with Crippen LogP contribution in [0, 0.1) is 11.3 Å². The Balaban J connectivity index is 2.00. The maximum absolute atomic E-state index is 9.61. The third-order valence-electron chi connectivity index (χ3n) is 4.29. The molecule has 1 aliphatic carbocycles. The van der Waals surface area contributed by atoms with Crippen molar-refractivity contribution in [2.24, 2.45) is 0 Å². The molecule has 3 heteroatoms. The molecule has 0 bridgehead atoms. The second-order valence-corrected chi connectivity index (χ2v) is 6.19. The average molecular weight is 250 g/mol. The van der Waals surface area contributed by atoms with E-state index < -0.39 is 0 Å². The largest absolute Gasteiger partial charge is 0.375 e. The van der Waals surface area contributed by atoms with Crippen LogP contribution in [0.3, 0.4) is 0 Å². The van der Waals surface area contributed by atoms with Crippen molar-refractivity contribution in [1.29, 1.82) is 5.26 Å². The molecule has 3 nitrogen and oxygen atoms in total. The summed E-state index contributed by atoms with van der Waals surface area (Å²) in [7, 11) is 0. The summed E-state index contributed by atoms with van der Waals surface area (Å²) in [5, 5.41) is 13.3. The summed E-state index contributed by atoms with van der Waals surface area (Å²) in [4.78, 5) is 0. The molecule has 0 amide bonds. The van der Waals surface area contributed by atoms with Crippen molar-refractivity contribution in [1.82, 2.24) is 5.32 Å². The smallest absolute Gasteiger partial charge is 0.111 e. The third-order valence-corrected chi connectivity index (χ3v) is 4.29.